The number of hydrogen-bond acceptors (Lipinski definition) is 6. The summed E-state index contributed by atoms with van der Waals surface area (Å²) in [4.78, 5) is 0.488. The van der Waals surface area contributed by atoms with E-state index in [9.17, 15) is 0 Å². The van der Waals surface area contributed by atoms with Gasteiger partial charge in [-0.1, -0.05) is 0 Å². The molecule has 1 aliphatic carbocycles. The summed E-state index contributed by atoms with van der Waals surface area (Å²) in [6.45, 7) is 6.06. The highest BCUT2D eigenvalue weighted by atomic mass is 32.1. The van der Waals surface area contributed by atoms with Crippen LogP contribution in [0.25, 0.3) is 0 Å². The lowest BCUT2D eigenvalue weighted by Gasteiger charge is -2.12. The summed E-state index contributed by atoms with van der Waals surface area (Å²) in [7, 11) is 0. The molecule has 0 bridgehead atoms. The molecule has 0 unspecified atom stereocenters. The van der Waals surface area contributed by atoms with Gasteiger partial charge in [-0.05, 0) is 32.6 Å². The van der Waals surface area contributed by atoms with Crippen molar-refractivity contribution in [3.8, 4) is 11.8 Å². The third-order valence-electron chi connectivity index (χ3n) is 2.94. The smallest absolute Gasteiger partial charge is 0.178 e. The number of nitrogen functional groups attached to an aromatic ring is 1. The van der Waals surface area contributed by atoms with E-state index in [4.69, 9.17) is 20.5 Å². The van der Waals surface area contributed by atoms with Gasteiger partial charge in [-0.3, -0.25) is 0 Å². The number of rotatable bonds is 8. The molecule has 2 rings (SSSR count). The fraction of sp³-hybridized carbons (Fsp3) is 0.643. The van der Waals surface area contributed by atoms with Crippen LogP contribution in [0.3, 0.4) is 0 Å². The second kappa shape index (κ2) is 6.82. The Kier molecular flexibility index (Phi) is 5.10. The first-order valence-electron chi connectivity index (χ1n) is 6.92. The van der Waals surface area contributed by atoms with Crippen molar-refractivity contribution in [3.05, 3.63) is 4.88 Å². The maximum atomic E-state index is 9.04. The summed E-state index contributed by atoms with van der Waals surface area (Å²) < 4.78 is 11.3. The number of nitrogens with one attached hydrogen (secondary N) is 1. The molecule has 0 amide bonds. The van der Waals surface area contributed by atoms with Gasteiger partial charge in [0.25, 0.3) is 0 Å². The quantitative estimate of drug-likeness (QED) is 0.721. The van der Waals surface area contributed by atoms with E-state index in [1.54, 1.807) is 0 Å². The van der Waals surface area contributed by atoms with Crippen molar-refractivity contribution in [3.63, 3.8) is 0 Å². The Labute approximate surface area is 123 Å². The largest absolute Gasteiger partial charge is 0.486 e. The number of ether oxygens (including phenoxy) is 2. The zero-order chi connectivity index (χ0) is 14.5. The van der Waals surface area contributed by atoms with Gasteiger partial charge in [0, 0.05) is 13.2 Å². The molecule has 0 spiro atoms. The molecule has 1 saturated carbocycles. The van der Waals surface area contributed by atoms with Crippen LogP contribution in [0, 0.1) is 17.2 Å². The molecule has 1 aliphatic rings. The average molecular weight is 295 g/mol. The maximum absolute atomic E-state index is 9.04. The number of anilines is 2. The Hall–Kier alpha value is -1.45. The average Bonchev–Trinajstić information content (AvgIpc) is 3.18. The minimum absolute atomic E-state index is 0.0186. The van der Waals surface area contributed by atoms with E-state index in [0.29, 0.717) is 29.5 Å². The van der Waals surface area contributed by atoms with Gasteiger partial charge < -0.3 is 20.5 Å². The lowest BCUT2D eigenvalue weighted by molar-refractivity contribution is 0.134. The maximum Gasteiger partial charge on any atom is 0.178 e. The Morgan fingerprint density at radius 2 is 2.25 bits per heavy atom. The predicted molar refractivity (Wildman–Crippen MR) is 81.2 cm³/mol. The Morgan fingerprint density at radius 1 is 1.50 bits per heavy atom. The lowest BCUT2D eigenvalue weighted by atomic mass is 10.3. The standard InChI is InChI=1S/C14H21N3O2S/c1-9(2)19-13-12(16)11(7-15)20-14(13)17-5-6-18-8-10-3-4-10/h9-10,17H,3-6,8,16H2,1-2H3. The molecular formula is C14H21N3O2S. The number of thiophene rings is 1. The van der Waals surface area contributed by atoms with E-state index in [1.807, 2.05) is 13.8 Å². The van der Waals surface area contributed by atoms with E-state index >= 15 is 0 Å². The van der Waals surface area contributed by atoms with Crippen LogP contribution in [0.4, 0.5) is 10.7 Å². The van der Waals surface area contributed by atoms with Crippen LogP contribution >= 0.6 is 11.3 Å². The predicted octanol–water partition coefficient (Wildman–Crippen LogP) is 2.83. The first-order chi connectivity index (χ1) is 9.61. The molecule has 1 fully saturated rings. The van der Waals surface area contributed by atoms with Crippen molar-refractivity contribution in [2.75, 3.05) is 30.8 Å². The van der Waals surface area contributed by atoms with Crippen molar-refractivity contribution in [1.82, 2.24) is 0 Å². The SMILES string of the molecule is CC(C)Oc1c(NCCOCC2CC2)sc(C#N)c1N. The van der Waals surface area contributed by atoms with E-state index in [0.717, 1.165) is 17.5 Å². The van der Waals surface area contributed by atoms with Crippen molar-refractivity contribution >= 4 is 22.0 Å². The van der Waals surface area contributed by atoms with Gasteiger partial charge in [0.2, 0.25) is 0 Å². The summed E-state index contributed by atoms with van der Waals surface area (Å²) in [5.41, 5.74) is 6.36. The molecule has 5 nitrogen and oxygen atoms in total. The highest BCUT2D eigenvalue weighted by Crippen LogP contribution is 2.42. The summed E-state index contributed by atoms with van der Waals surface area (Å²) in [6, 6.07) is 2.10. The van der Waals surface area contributed by atoms with Crippen LogP contribution in [0.15, 0.2) is 0 Å². The van der Waals surface area contributed by atoms with Crippen LogP contribution in [0.2, 0.25) is 0 Å². The zero-order valence-electron chi connectivity index (χ0n) is 11.9. The number of nitrogens with zero attached hydrogens (tertiary/aromatic N) is 1. The molecule has 1 heterocycles. The Bertz CT molecular complexity index is 489. The molecule has 0 radical (unpaired) electrons. The van der Waals surface area contributed by atoms with E-state index < -0.39 is 0 Å². The van der Waals surface area contributed by atoms with E-state index in [2.05, 4.69) is 11.4 Å². The van der Waals surface area contributed by atoms with Gasteiger partial charge in [0.15, 0.2) is 5.75 Å². The highest BCUT2D eigenvalue weighted by Gasteiger charge is 2.21. The highest BCUT2D eigenvalue weighted by molar-refractivity contribution is 7.17. The zero-order valence-corrected chi connectivity index (χ0v) is 12.8. The van der Waals surface area contributed by atoms with Gasteiger partial charge in [0.05, 0.1) is 12.7 Å². The molecule has 1 aromatic rings. The van der Waals surface area contributed by atoms with Crippen molar-refractivity contribution in [2.24, 2.45) is 5.92 Å². The first-order valence-corrected chi connectivity index (χ1v) is 7.74. The molecule has 110 valence electrons. The van der Waals surface area contributed by atoms with Crippen molar-refractivity contribution in [2.45, 2.75) is 32.8 Å². The Morgan fingerprint density at radius 3 is 2.85 bits per heavy atom. The number of nitrogens with two attached hydrogens (primary N) is 1. The molecule has 0 atom stereocenters. The third kappa shape index (κ3) is 4.02. The fourth-order valence-electron chi connectivity index (χ4n) is 1.75. The Balaban J connectivity index is 1.89. The summed E-state index contributed by atoms with van der Waals surface area (Å²) >= 11 is 1.33. The first kappa shape index (κ1) is 14.9. The lowest BCUT2D eigenvalue weighted by Crippen LogP contribution is -2.12. The summed E-state index contributed by atoms with van der Waals surface area (Å²) in [5, 5.41) is 13.1. The van der Waals surface area contributed by atoms with Crippen molar-refractivity contribution in [1.29, 1.82) is 5.26 Å². The van der Waals surface area contributed by atoms with Gasteiger partial charge in [0.1, 0.15) is 21.6 Å². The van der Waals surface area contributed by atoms with Crippen LogP contribution in [-0.4, -0.2) is 25.9 Å². The van der Waals surface area contributed by atoms with Crippen LogP contribution in [0.5, 0.6) is 5.75 Å². The summed E-state index contributed by atoms with van der Waals surface area (Å²) in [5.74, 6) is 1.36. The number of nitriles is 1. The van der Waals surface area contributed by atoms with Gasteiger partial charge in [-0.15, -0.1) is 11.3 Å². The van der Waals surface area contributed by atoms with E-state index in [-0.39, 0.29) is 6.10 Å². The molecule has 6 heteroatoms. The molecule has 0 aromatic carbocycles. The van der Waals surface area contributed by atoms with E-state index in [1.165, 1.54) is 24.2 Å². The second-order valence-electron chi connectivity index (χ2n) is 5.23. The minimum atomic E-state index is 0.0186. The fourth-order valence-corrected chi connectivity index (χ4v) is 2.63. The second-order valence-corrected chi connectivity index (χ2v) is 6.25. The minimum Gasteiger partial charge on any atom is -0.486 e. The van der Waals surface area contributed by atoms with Crippen LogP contribution in [-0.2, 0) is 4.74 Å². The van der Waals surface area contributed by atoms with Gasteiger partial charge in [-0.2, -0.15) is 5.26 Å². The topological polar surface area (TPSA) is 80.3 Å². The number of hydrogen-bond donors (Lipinski definition) is 2. The van der Waals surface area contributed by atoms with Crippen LogP contribution in [0.1, 0.15) is 31.6 Å². The normalized spacial score (nSPS) is 14.3. The molecule has 20 heavy (non-hydrogen) atoms. The molecule has 3 N–H and O–H groups in total. The monoisotopic (exact) mass is 295 g/mol. The molecule has 1 aromatic heterocycles. The van der Waals surface area contributed by atoms with Gasteiger partial charge in [-0.25, -0.2) is 0 Å². The van der Waals surface area contributed by atoms with Crippen molar-refractivity contribution < 1.29 is 9.47 Å². The molecule has 0 aliphatic heterocycles. The summed E-state index contributed by atoms with van der Waals surface area (Å²) in [6.07, 6.45) is 2.62. The molecule has 0 saturated heterocycles. The third-order valence-corrected chi connectivity index (χ3v) is 3.99. The van der Waals surface area contributed by atoms with Gasteiger partial charge >= 0.3 is 0 Å². The van der Waals surface area contributed by atoms with Crippen LogP contribution < -0.4 is 15.8 Å². The molecular weight excluding hydrogens is 274 g/mol.